The van der Waals surface area contributed by atoms with E-state index in [-0.39, 0.29) is 5.76 Å². The van der Waals surface area contributed by atoms with Crippen molar-refractivity contribution in [2.75, 3.05) is 0 Å². The molecule has 13 heavy (non-hydrogen) atoms. The molecular weight excluding hydrogens is 168 g/mol. The molecule has 66 valence electrons. The van der Waals surface area contributed by atoms with Crippen molar-refractivity contribution in [3.05, 3.63) is 35.6 Å². The lowest BCUT2D eigenvalue weighted by molar-refractivity contribution is 0.0665. The molecule has 1 heterocycles. The quantitative estimate of drug-likeness (QED) is 0.725. The fraction of sp³-hybridized carbons (Fsp3) is 0.100. The lowest BCUT2D eigenvalue weighted by Crippen LogP contribution is -1.91. The van der Waals surface area contributed by atoms with E-state index in [9.17, 15) is 4.79 Å². The Morgan fingerprint density at radius 3 is 2.85 bits per heavy atom. The van der Waals surface area contributed by atoms with Gasteiger partial charge in [-0.25, -0.2) is 4.79 Å². The van der Waals surface area contributed by atoms with E-state index in [4.69, 9.17) is 9.52 Å². The molecule has 0 aliphatic rings. The van der Waals surface area contributed by atoms with Crippen molar-refractivity contribution in [3.63, 3.8) is 0 Å². The van der Waals surface area contributed by atoms with Gasteiger partial charge in [0.05, 0.1) is 0 Å². The smallest absolute Gasteiger partial charge is 0.371 e. The number of carboxylic acid groups (broad SMARTS) is 1. The van der Waals surface area contributed by atoms with E-state index in [1.165, 1.54) is 6.07 Å². The van der Waals surface area contributed by atoms with Crippen molar-refractivity contribution >= 4 is 16.9 Å². The van der Waals surface area contributed by atoms with Gasteiger partial charge in [-0.15, -0.1) is 0 Å². The number of benzene rings is 1. The van der Waals surface area contributed by atoms with Crippen molar-refractivity contribution in [2.24, 2.45) is 0 Å². The molecule has 1 N–H and O–H groups in total. The Bertz CT molecular complexity index is 468. The second-order valence-corrected chi connectivity index (χ2v) is 2.96. The van der Waals surface area contributed by atoms with Crippen LogP contribution in [-0.2, 0) is 0 Å². The maximum absolute atomic E-state index is 10.6. The van der Waals surface area contributed by atoms with E-state index < -0.39 is 5.97 Å². The number of carbonyl (C=O) groups is 1. The highest BCUT2D eigenvalue weighted by Crippen LogP contribution is 2.20. The Morgan fingerprint density at radius 2 is 2.15 bits per heavy atom. The van der Waals surface area contributed by atoms with Crippen LogP contribution in [-0.4, -0.2) is 11.1 Å². The highest BCUT2D eigenvalue weighted by Gasteiger charge is 2.09. The maximum atomic E-state index is 10.6. The van der Waals surface area contributed by atoms with E-state index in [0.29, 0.717) is 5.58 Å². The minimum atomic E-state index is -1.03. The van der Waals surface area contributed by atoms with E-state index in [2.05, 4.69) is 0 Å². The van der Waals surface area contributed by atoms with Gasteiger partial charge in [-0.2, -0.15) is 0 Å². The van der Waals surface area contributed by atoms with Crippen LogP contribution in [0.3, 0.4) is 0 Å². The summed E-state index contributed by atoms with van der Waals surface area (Å²) in [7, 11) is 0. The Kier molecular flexibility index (Phi) is 1.59. The summed E-state index contributed by atoms with van der Waals surface area (Å²) in [4.78, 5) is 10.6. The second-order valence-electron chi connectivity index (χ2n) is 2.96. The molecule has 0 unspecified atom stereocenters. The lowest BCUT2D eigenvalue weighted by atomic mass is 10.2. The van der Waals surface area contributed by atoms with Gasteiger partial charge < -0.3 is 9.52 Å². The third kappa shape index (κ3) is 1.28. The average Bonchev–Trinajstić information content (AvgIpc) is 2.46. The SMILES string of the molecule is Cc1ccc2cc(C(=O)O)oc2c1. The minimum Gasteiger partial charge on any atom is -0.475 e. The van der Waals surface area contributed by atoms with Gasteiger partial charge >= 0.3 is 5.97 Å². The molecule has 0 saturated carbocycles. The highest BCUT2D eigenvalue weighted by atomic mass is 16.4. The van der Waals surface area contributed by atoms with Crippen molar-refractivity contribution in [3.8, 4) is 0 Å². The summed E-state index contributed by atoms with van der Waals surface area (Å²) in [6.07, 6.45) is 0. The summed E-state index contributed by atoms with van der Waals surface area (Å²) in [6, 6.07) is 7.11. The van der Waals surface area contributed by atoms with Gasteiger partial charge in [0.1, 0.15) is 5.58 Å². The predicted octanol–water partition coefficient (Wildman–Crippen LogP) is 2.44. The number of hydrogen-bond acceptors (Lipinski definition) is 2. The fourth-order valence-electron chi connectivity index (χ4n) is 1.24. The van der Waals surface area contributed by atoms with Crippen LogP contribution < -0.4 is 0 Å². The third-order valence-electron chi connectivity index (χ3n) is 1.89. The molecule has 0 radical (unpaired) electrons. The van der Waals surface area contributed by atoms with Gasteiger partial charge in [-0.05, 0) is 24.6 Å². The number of hydrogen-bond donors (Lipinski definition) is 1. The normalized spacial score (nSPS) is 10.5. The molecule has 0 saturated heterocycles. The summed E-state index contributed by atoms with van der Waals surface area (Å²) in [5.41, 5.74) is 1.68. The van der Waals surface area contributed by atoms with Crippen molar-refractivity contribution < 1.29 is 14.3 Å². The lowest BCUT2D eigenvalue weighted by Gasteiger charge is -1.89. The van der Waals surface area contributed by atoms with Gasteiger partial charge in [0.15, 0.2) is 0 Å². The summed E-state index contributed by atoms with van der Waals surface area (Å²) in [6.45, 7) is 1.93. The Morgan fingerprint density at radius 1 is 1.38 bits per heavy atom. The Balaban J connectivity index is 2.68. The van der Waals surface area contributed by atoms with Crippen LogP contribution in [0.15, 0.2) is 28.7 Å². The standard InChI is InChI=1S/C10H8O3/c1-6-2-3-7-5-9(10(11)12)13-8(7)4-6/h2-5H,1H3,(H,11,12). The molecule has 0 amide bonds. The Labute approximate surface area is 74.6 Å². The first-order chi connectivity index (χ1) is 6.16. The highest BCUT2D eigenvalue weighted by molar-refractivity contribution is 5.91. The summed E-state index contributed by atoms with van der Waals surface area (Å²) in [5, 5.41) is 9.48. The number of aryl methyl sites for hydroxylation is 1. The topological polar surface area (TPSA) is 50.4 Å². The summed E-state index contributed by atoms with van der Waals surface area (Å²) < 4.78 is 5.11. The van der Waals surface area contributed by atoms with Crippen molar-refractivity contribution in [2.45, 2.75) is 6.92 Å². The van der Waals surface area contributed by atoms with Crippen LogP contribution in [0.1, 0.15) is 16.1 Å². The van der Waals surface area contributed by atoms with E-state index >= 15 is 0 Å². The first-order valence-electron chi connectivity index (χ1n) is 3.90. The van der Waals surface area contributed by atoms with Crippen molar-refractivity contribution in [1.82, 2.24) is 0 Å². The predicted molar refractivity (Wildman–Crippen MR) is 47.9 cm³/mol. The molecule has 3 nitrogen and oxygen atoms in total. The van der Waals surface area contributed by atoms with Gasteiger partial charge in [0.25, 0.3) is 0 Å². The van der Waals surface area contributed by atoms with Crippen LogP contribution in [0.25, 0.3) is 11.0 Å². The number of furan rings is 1. The average molecular weight is 176 g/mol. The molecule has 1 aromatic heterocycles. The molecule has 0 fully saturated rings. The van der Waals surface area contributed by atoms with Gasteiger partial charge in [0, 0.05) is 5.39 Å². The Hall–Kier alpha value is -1.77. The molecule has 1 aromatic carbocycles. The fourth-order valence-corrected chi connectivity index (χ4v) is 1.24. The van der Waals surface area contributed by atoms with Crippen LogP contribution >= 0.6 is 0 Å². The molecule has 3 heteroatoms. The zero-order valence-electron chi connectivity index (χ0n) is 7.07. The first-order valence-corrected chi connectivity index (χ1v) is 3.90. The van der Waals surface area contributed by atoms with Gasteiger partial charge in [0.2, 0.25) is 5.76 Å². The molecular formula is C10H8O3. The number of rotatable bonds is 1. The van der Waals surface area contributed by atoms with E-state index in [1.807, 2.05) is 25.1 Å². The van der Waals surface area contributed by atoms with Crippen molar-refractivity contribution in [1.29, 1.82) is 0 Å². The summed E-state index contributed by atoms with van der Waals surface area (Å²) >= 11 is 0. The molecule has 0 aliphatic carbocycles. The molecule has 2 aromatic rings. The van der Waals surface area contributed by atoms with E-state index in [1.54, 1.807) is 0 Å². The van der Waals surface area contributed by atoms with Crippen LogP contribution in [0.2, 0.25) is 0 Å². The molecule has 0 spiro atoms. The molecule has 0 bridgehead atoms. The minimum absolute atomic E-state index is 0.0133. The van der Waals surface area contributed by atoms with Crippen LogP contribution in [0.5, 0.6) is 0 Å². The zero-order chi connectivity index (χ0) is 9.42. The monoisotopic (exact) mass is 176 g/mol. The first kappa shape index (κ1) is 7.86. The van der Waals surface area contributed by atoms with Crippen LogP contribution in [0, 0.1) is 6.92 Å². The van der Waals surface area contributed by atoms with Crippen LogP contribution in [0.4, 0.5) is 0 Å². The molecule has 0 atom stereocenters. The second kappa shape index (κ2) is 2.62. The van der Waals surface area contributed by atoms with Gasteiger partial charge in [-0.1, -0.05) is 12.1 Å². The zero-order valence-corrected chi connectivity index (χ0v) is 7.07. The largest absolute Gasteiger partial charge is 0.475 e. The number of aromatic carboxylic acids is 1. The number of carboxylic acids is 1. The summed E-state index contributed by atoms with van der Waals surface area (Å²) in [5.74, 6) is -1.05. The third-order valence-corrected chi connectivity index (χ3v) is 1.89. The molecule has 0 aliphatic heterocycles. The number of fused-ring (bicyclic) bond motifs is 1. The van der Waals surface area contributed by atoms with E-state index in [0.717, 1.165) is 10.9 Å². The molecule has 2 rings (SSSR count). The maximum Gasteiger partial charge on any atom is 0.371 e. The van der Waals surface area contributed by atoms with Gasteiger partial charge in [-0.3, -0.25) is 0 Å².